The van der Waals surface area contributed by atoms with E-state index in [2.05, 4.69) is 15.1 Å². The van der Waals surface area contributed by atoms with Crippen molar-refractivity contribution in [3.05, 3.63) is 31.0 Å². The molecule has 0 N–H and O–H groups in total. The van der Waals surface area contributed by atoms with Crippen molar-refractivity contribution in [2.45, 2.75) is 4.90 Å². The Hall–Kier alpha value is -1.76. The molecule has 0 unspecified atom stereocenters. The quantitative estimate of drug-likeness (QED) is 0.721. The normalized spacial score (nSPS) is 11.5. The smallest absolute Gasteiger partial charge is 0.179 e. The Morgan fingerprint density at radius 2 is 2.20 bits per heavy atom. The fraction of sp³-hybridized carbons (Fsp3) is 0.125. The fourth-order valence-corrected chi connectivity index (χ4v) is 1.96. The third-order valence-corrected chi connectivity index (χ3v) is 2.90. The van der Waals surface area contributed by atoms with E-state index in [0.29, 0.717) is 0 Å². The molecular formula is C8H8N4O2S. The minimum atomic E-state index is -3.31. The van der Waals surface area contributed by atoms with Gasteiger partial charge in [-0.2, -0.15) is 5.10 Å². The Labute approximate surface area is 86.5 Å². The molecule has 78 valence electrons. The maximum atomic E-state index is 11.4. The first-order valence-electron chi connectivity index (χ1n) is 4.09. The van der Waals surface area contributed by atoms with Crippen LogP contribution in [0.4, 0.5) is 0 Å². The molecule has 0 saturated carbocycles. The molecule has 0 saturated heterocycles. The lowest BCUT2D eigenvalue weighted by molar-refractivity contribution is 0.600. The number of sulfone groups is 1. The van der Waals surface area contributed by atoms with Crippen molar-refractivity contribution in [1.82, 2.24) is 19.7 Å². The molecule has 0 amide bonds. The molecule has 0 aliphatic carbocycles. The van der Waals surface area contributed by atoms with Gasteiger partial charge in [0.15, 0.2) is 15.7 Å². The molecular weight excluding hydrogens is 216 g/mol. The highest BCUT2D eigenvalue weighted by molar-refractivity contribution is 7.90. The maximum absolute atomic E-state index is 11.4. The summed E-state index contributed by atoms with van der Waals surface area (Å²) < 4.78 is 24.2. The Bertz CT molecular complexity index is 562. The van der Waals surface area contributed by atoms with Gasteiger partial charge in [0.05, 0.1) is 0 Å². The summed E-state index contributed by atoms with van der Waals surface area (Å²) in [6, 6.07) is 3.05. The fourth-order valence-electron chi connectivity index (χ4n) is 1.16. The highest BCUT2D eigenvalue weighted by Crippen LogP contribution is 2.15. The van der Waals surface area contributed by atoms with Crippen LogP contribution in [0, 0.1) is 0 Å². The zero-order chi connectivity index (χ0) is 10.9. The summed E-state index contributed by atoms with van der Waals surface area (Å²) in [5, 5.41) is 3.84. The van der Waals surface area contributed by atoms with E-state index in [0.717, 1.165) is 6.26 Å². The van der Waals surface area contributed by atoms with E-state index in [1.54, 1.807) is 6.07 Å². The molecule has 2 aromatic heterocycles. The summed E-state index contributed by atoms with van der Waals surface area (Å²) in [4.78, 5) is 7.84. The predicted octanol–water partition coefficient (Wildman–Crippen LogP) is 0.0658. The summed E-state index contributed by atoms with van der Waals surface area (Å²) in [7, 11) is -3.31. The van der Waals surface area contributed by atoms with Gasteiger partial charge in [0, 0.05) is 12.5 Å². The second kappa shape index (κ2) is 3.43. The van der Waals surface area contributed by atoms with E-state index in [9.17, 15) is 8.42 Å². The van der Waals surface area contributed by atoms with Crippen LogP contribution in [0.25, 0.3) is 5.82 Å². The first-order chi connectivity index (χ1) is 7.09. The molecule has 2 aromatic rings. The van der Waals surface area contributed by atoms with Crippen molar-refractivity contribution in [3.63, 3.8) is 0 Å². The molecule has 0 bridgehead atoms. The monoisotopic (exact) mass is 224 g/mol. The third-order valence-electron chi connectivity index (χ3n) is 1.79. The van der Waals surface area contributed by atoms with Crippen LogP contribution in [-0.2, 0) is 9.84 Å². The third kappa shape index (κ3) is 1.86. The average Bonchev–Trinajstić information content (AvgIpc) is 2.69. The van der Waals surface area contributed by atoms with Crippen LogP contribution in [0.3, 0.4) is 0 Å². The van der Waals surface area contributed by atoms with Gasteiger partial charge in [-0.25, -0.2) is 23.1 Å². The Morgan fingerprint density at radius 3 is 2.80 bits per heavy atom. The van der Waals surface area contributed by atoms with Crippen LogP contribution >= 0.6 is 0 Å². The van der Waals surface area contributed by atoms with Gasteiger partial charge < -0.3 is 0 Å². The van der Waals surface area contributed by atoms with Crippen LogP contribution in [0.15, 0.2) is 35.9 Å². The van der Waals surface area contributed by atoms with Crippen molar-refractivity contribution >= 4 is 9.84 Å². The molecule has 0 radical (unpaired) electrons. The number of pyridine rings is 1. The van der Waals surface area contributed by atoms with Crippen molar-refractivity contribution in [2.24, 2.45) is 0 Å². The number of nitrogens with zero attached hydrogens (tertiary/aromatic N) is 4. The van der Waals surface area contributed by atoms with Gasteiger partial charge in [0.1, 0.15) is 17.6 Å². The molecule has 2 heterocycles. The van der Waals surface area contributed by atoms with E-state index in [1.807, 2.05) is 0 Å². The van der Waals surface area contributed by atoms with Crippen LogP contribution in [0.2, 0.25) is 0 Å². The molecule has 6 nitrogen and oxygen atoms in total. The van der Waals surface area contributed by atoms with Crippen LogP contribution < -0.4 is 0 Å². The van der Waals surface area contributed by atoms with Gasteiger partial charge >= 0.3 is 0 Å². The second-order valence-electron chi connectivity index (χ2n) is 2.94. The van der Waals surface area contributed by atoms with E-state index < -0.39 is 9.84 Å². The SMILES string of the molecule is CS(=O)(=O)c1cccnc1-n1cncn1. The molecule has 2 rings (SSSR count). The first-order valence-corrected chi connectivity index (χ1v) is 5.98. The zero-order valence-corrected chi connectivity index (χ0v) is 8.72. The van der Waals surface area contributed by atoms with Crippen molar-refractivity contribution in [1.29, 1.82) is 0 Å². The molecule has 7 heteroatoms. The Balaban J connectivity index is 2.68. The molecule has 0 aromatic carbocycles. The lowest BCUT2D eigenvalue weighted by Crippen LogP contribution is -2.07. The Kier molecular flexibility index (Phi) is 2.24. The molecule has 0 fully saturated rings. The largest absolute Gasteiger partial charge is 0.236 e. The zero-order valence-electron chi connectivity index (χ0n) is 7.90. The van der Waals surface area contributed by atoms with Crippen molar-refractivity contribution in [3.8, 4) is 5.82 Å². The molecule has 0 spiro atoms. The summed E-state index contributed by atoms with van der Waals surface area (Å²) in [5.74, 6) is 0.262. The van der Waals surface area contributed by atoms with Gasteiger partial charge in [-0.05, 0) is 12.1 Å². The Morgan fingerprint density at radius 1 is 1.40 bits per heavy atom. The minimum Gasteiger partial charge on any atom is -0.236 e. The number of rotatable bonds is 2. The van der Waals surface area contributed by atoms with Gasteiger partial charge in [-0.1, -0.05) is 0 Å². The molecule has 0 aliphatic heterocycles. The summed E-state index contributed by atoms with van der Waals surface area (Å²) in [5.41, 5.74) is 0. The molecule has 0 atom stereocenters. The lowest BCUT2D eigenvalue weighted by Gasteiger charge is -2.04. The number of aromatic nitrogens is 4. The topological polar surface area (TPSA) is 77.7 Å². The van der Waals surface area contributed by atoms with Crippen LogP contribution in [0.1, 0.15) is 0 Å². The van der Waals surface area contributed by atoms with Crippen LogP contribution in [-0.4, -0.2) is 34.4 Å². The van der Waals surface area contributed by atoms with E-state index in [4.69, 9.17) is 0 Å². The van der Waals surface area contributed by atoms with Gasteiger partial charge in [0.25, 0.3) is 0 Å². The van der Waals surface area contributed by atoms with E-state index >= 15 is 0 Å². The molecule has 15 heavy (non-hydrogen) atoms. The van der Waals surface area contributed by atoms with E-state index in [1.165, 1.54) is 29.6 Å². The van der Waals surface area contributed by atoms with Gasteiger partial charge in [0.2, 0.25) is 0 Å². The minimum absolute atomic E-state index is 0.135. The van der Waals surface area contributed by atoms with Crippen molar-refractivity contribution in [2.75, 3.05) is 6.26 Å². The summed E-state index contributed by atoms with van der Waals surface area (Å²) in [6.45, 7) is 0. The van der Waals surface area contributed by atoms with E-state index in [-0.39, 0.29) is 10.7 Å². The number of hydrogen-bond donors (Lipinski definition) is 0. The van der Waals surface area contributed by atoms with Crippen molar-refractivity contribution < 1.29 is 8.42 Å². The molecule has 0 aliphatic rings. The number of hydrogen-bond acceptors (Lipinski definition) is 5. The first kappa shape index (κ1) is 9.78. The average molecular weight is 224 g/mol. The highest BCUT2D eigenvalue weighted by atomic mass is 32.2. The summed E-state index contributed by atoms with van der Waals surface area (Å²) in [6.07, 6.45) is 5.36. The van der Waals surface area contributed by atoms with Gasteiger partial charge in [-0.15, -0.1) is 0 Å². The summed E-state index contributed by atoms with van der Waals surface area (Å²) >= 11 is 0. The standard InChI is InChI=1S/C8H8N4O2S/c1-15(13,14)7-3-2-4-10-8(7)12-6-9-5-11-12/h2-6H,1H3. The van der Waals surface area contributed by atoms with Crippen LogP contribution in [0.5, 0.6) is 0 Å². The predicted molar refractivity (Wildman–Crippen MR) is 52.3 cm³/mol. The maximum Gasteiger partial charge on any atom is 0.179 e. The van der Waals surface area contributed by atoms with Gasteiger partial charge in [-0.3, -0.25) is 0 Å². The lowest BCUT2D eigenvalue weighted by atomic mass is 10.5. The highest BCUT2D eigenvalue weighted by Gasteiger charge is 2.15. The second-order valence-corrected chi connectivity index (χ2v) is 4.92.